The number of hydrogen-bond donors (Lipinski definition) is 1. The lowest BCUT2D eigenvalue weighted by atomic mass is 9.76. The van der Waals surface area contributed by atoms with E-state index in [0.29, 0.717) is 30.8 Å². The smallest absolute Gasteiger partial charge is 0.310 e. The van der Waals surface area contributed by atoms with Gasteiger partial charge in [-0.25, -0.2) is 0 Å². The Labute approximate surface area is 112 Å². The highest BCUT2D eigenvalue weighted by molar-refractivity contribution is 5.75. The third-order valence-corrected chi connectivity index (χ3v) is 3.37. The number of carboxylic acid groups (broad SMARTS) is 1. The quantitative estimate of drug-likeness (QED) is 0.829. The highest BCUT2D eigenvalue weighted by Crippen LogP contribution is 2.33. The Bertz CT molecular complexity index is 460. The van der Waals surface area contributed by atoms with Gasteiger partial charge in [0, 0.05) is 12.8 Å². The highest BCUT2D eigenvalue weighted by Gasteiger charge is 2.39. The summed E-state index contributed by atoms with van der Waals surface area (Å²) in [5.41, 5.74) is -0.871. The first-order valence-electron chi connectivity index (χ1n) is 6.44. The first-order valence-corrected chi connectivity index (χ1v) is 6.44. The number of carbonyl (C=O) groups is 1. The molecule has 4 heteroatoms. The third kappa shape index (κ3) is 3.08. The van der Waals surface area contributed by atoms with Crippen molar-refractivity contribution in [2.75, 3.05) is 0 Å². The second kappa shape index (κ2) is 5.78. The minimum Gasteiger partial charge on any atom is -0.481 e. The first kappa shape index (κ1) is 13.5. The first-order chi connectivity index (χ1) is 9.16. The standard InChI is InChI=1S/C15H18O4/c1-2-7-15(14(16)17,10-12-5-3-8-18-12)11-13-6-4-9-19-13/h3-6,8-9H,2,7,10-11H2,1H3,(H,16,17). The predicted octanol–water partition coefficient (Wildman–Crippen LogP) is 3.53. The van der Waals surface area contributed by atoms with Crippen molar-refractivity contribution in [1.29, 1.82) is 0 Å². The van der Waals surface area contributed by atoms with Crippen molar-refractivity contribution in [2.45, 2.75) is 32.6 Å². The van der Waals surface area contributed by atoms with Crippen molar-refractivity contribution in [3.63, 3.8) is 0 Å². The lowest BCUT2D eigenvalue weighted by Crippen LogP contribution is -2.35. The largest absolute Gasteiger partial charge is 0.481 e. The van der Waals surface area contributed by atoms with Crippen LogP contribution in [0.2, 0.25) is 0 Å². The molecule has 2 rings (SSSR count). The van der Waals surface area contributed by atoms with Crippen molar-refractivity contribution in [1.82, 2.24) is 0 Å². The van der Waals surface area contributed by atoms with Crippen LogP contribution in [0, 0.1) is 5.41 Å². The van der Waals surface area contributed by atoms with Gasteiger partial charge in [0.2, 0.25) is 0 Å². The second-order valence-electron chi connectivity index (χ2n) is 4.85. The Balaban J connectivity index is 2.26. The van der Waals surface area contributed by atoms with Crippen molar-refractivity contribution >= 4 is 5.97 Å². The Hall–Kier alpha value is -1.97. The zero-order chi connectivity index (χ0) is 13.7. The maximum absolute atomic E-state index is 11.8. The minimum atomic E-state index is -0.871. The highest BCUT2D eigenvalue weighted by atomic mass is 16.4. The van der Waals surface area contributed by atoms with E-state index in [2.05, 4.69) is 0 Å². The van der Waals surface area contributed by atoms with Crippen LogP contribution in [-0.4, -0.2) is 11.1 Å². The Morgan fingerprint density at radius 3 is 2.00 bits per heavy atom. The predicted molar refractivity (Wildman–Crippen MR) is 69.8 cm³/mol. The van der Waals surface area contributed by atoms with Gasteiger partial charge >= 0.3 is 5.97 Å². The summed E-state index contributed by atoms with van der Waals surface area (Å²) in [5, 5.41) is 9.67. The van der Waals surface area contributed by atoms with E-state index in [4.69, 9.17) is 8.83 Å². The lowest BCUT2D eigenvalue weighted by Gasteiger charge is -2.27. The summed E-state index contributed by atoms with van der Waals surface area (Å²) >= 11 is 0. The zero-order valence-corrected chi connectivity index (χ0v) is 11.0. The summed E-state index contributed by atoms with van der Waals surface area (Å²) in [6.07, 6.45) is 5.28. The number of furan rings is 2. The van der Waals surface area contributed by atoms with Crippen molar-refractivity contribution in [3.8, 4) is 0 Å². The molecule has 0 radical (unpaired) electrons. The molecular weight excluding hydrogens is 244 g/mol. The van der Waals surface area contributed by atoms with Gasteiger partial charge in [-0.2, -0.15) is 0 Å². The molecule has 0 aliphatic heterocycles. The maximum Gasteiger partial charge on any atom is 0.310 e. The average molecular weight is 262 g/mol. The van der Waals surface area contributed by atoms with E-state index in [0.717, 1.165) is 6.42 Å². The molecular formula is C15H18O4. The summed E-state index contributed by atoms with van der Waals surface area (Å²) in [7, 11) is 0. The Morgan fingerprint density at radius 1 is 1.16 bits per heavy atom. The number of carboxylic acids is 1. The fourth-order valence-electron chi connectivity index (χ4n) is 2.47. The molecule has 0 aromatic carbocycles. The maximum atomic E-state index is 11.8. The Morgan fingerprint density at radius 2 is 1.68 bits per heavy atom. The van der Waals surface area contributed by atoms with E-state index in [-0.39, 0.29) is 0 Å². The molecule has 2 aromatic heterocycles. The molecule has 102 valence electrons. The number of rotatable bonds is 7. The van der Waals surface area contributed by atoms with Crippen LogP contribution in [0.15, 0.2) is 45.6 Å². The topological polar surface area (TPSA) is 63.6 Å². The summed E-state index contributed by atoms with van der Waals surface area (Å²) in [6, 6.07) is 7.19. The van der Waals surface area contributed by atoms with Gasteiger partial charge in [0.15, 0.2) is 0 Å². The molecule has 19 heavy (non-hydrogen) atoms. The van der Waals surface area contributed by atoms with Gasteiger partial charge in [-0.1, -0.05) is 13.3 Å². The molecule has 2 aromatic rings. The minimum absolute atomic E-state index is 0.379. The molecule has 0 aliphatic rings. The van der Waals surface area contributed by atoms with Crippen LogP contribution < -0.4 is 0 Å². The van der Waals surface area contributed by atoms with E-state index in [9.17, 15) is 9.90 Å². The third-order valence-electron chi connectivity index (χ3n) is 3.37. The van der Waals surface area contributed by atoms with Gasteiger partial charge in [-0.05, 0) is 30.7 Å². The van der Waals surface area contributed by atoms with Crippen LogP contribution in [0.3, 0.4) is 0 Å². The molecule has 0 unspecified atom stereocenters. The lowest BCUT2D eigenvalue weighted by molar-refractivity contribution is -0.150. The van der Waals surface area contributed by atoms with Gasteiger partial charge < -0.3 is 13.9 Å². The molecule has 0 fully saturated rings. The second-order valence-corrected chi connectivity index (χ2v) is 4.85. The van der Waals surface area contributed by atoms with Crippen LogP contribution in [0.1, 0.15) is 31.3 Å². The van der Waals surface area contributed by atoms with E-state index < -0.39 is 11.4 Å². The van der Waals surface area contributed by atoms with Crippen molar-refractivity contribution < 1.29 is 18.7 Å². The van der Waals surface area contributed by atoms with E-state index in [1.807, 2.05) is 19.1 Å². The van der Waals surface area contributed by atoms with Gasteiger partial charge in [-0.3, -0.25) is 4.79 Å². The molecule has 1 N–H and O–H groups in total. The van der Waals surface area contributed by atoms with E-state index in [1.54, 1.807) is 24.7 Å². The monoisotopic (exact) mass is 262 g/mol. The van der Waals surface area contributed by atoms with Crippen LogP contribution in [0.4, 0.5) is 0 Å². The SMILES string of the molecule is CCCC(Cc1ccco1)(Cc1ccco1)C(=O)O. The van der Waals surface area contributed by atoms with Crippen LogP contribution >= 0.6 is 0 Å². The fourth-order valence-corrected chi connectivity index (χ4v) is 2.47. The molecule has 4 nitrogen and oxygen atoms in total. The fraction of sp³-hybridized carbons (Fsp3) is 0.400. The molecule has 0 bridgehead atoms. The van der Waals surface area contributed by atoms with Gasteiger partial charge in [0.1, 0.15) is 11.5 Å². The summed E-state index contributed by atoms with van der Waals surface area (Å²) in [6.45, 7) is 1.99. The Kier molecular flexibility index (Phi) is 4.10. The van der Waals surface area contributed by atoms with Gasteiger partial charge in [-0.15, -0.1) is 0 Å². The molecule has 0 atom stereocenters. The van der Waals surface area contributed by atoms with Crippen LogP contribution in [0.25, 0.3) is 0 Å². The summed E-state index contributed by atoms with van der Waals surface area (Å²) in [5.74, 6) is 0.590. The number of hydrogen-bond acceptors (Lipinski definition) is 3. The van der Waals surface area contributed by atoms with Gasteiger partial charge in [0.05, 0.1) is 17.9 Å². The van der Waals surface area contributed by atoms with Crippen LogP contribution in [-0.2, 0) is 17.6 Å². The van der Waals surface area contributed by atoms with E-state index in [1.165, 1.54) is 0 Å². The number of aliphatic carboxylic acids is 1. The van der Waals surface area contributed by atoms with E-state index >= 15 is 0 Å². The molecule has 0 spiro atoms. The van der Waals surface area contributed by atoms with Gasteiger partial charge in [0.25, 0.3) is 0 Å². The zero-order valence-electron chi connectivity index (χ0n) is 11.0. The summed E-state index contributed by atoms with van der Waals surface area (Å²) in [4.78, 5) is 11.8. The molecule has 0 saturated carbocycles. The van der Waals surface area contributed by atoms with Crippen molar-refractivity contribution in [3.05, 3.63) is 48.3 Å². The van der Waals surface area contributed by atoms with Crippen molar-refractivity contribution in [2.24, 2.45) is 5.41 Å². The van der Waals surface area contributed by atoms with Crippen LogP contribution in [0.5, 0.6) is 0 Å². The molecule has 2 heterocycles. The average Bonchev–Trinajstić information content (AvgIpc) is 3.02. The normalized spacial score (nSPS) is 11.6. The molecule has 0 amide bonds. The summed E-state index contributed by atoms with van der Waals surface area (Å²) < 4.78 is 10.6. The molecule has 0 saturated heterocycles. The molecule has 0 aliphatic carbocycles.